The van der Waals surface area contributed by atoms with Crippen molar-refractivity contribution in [2.24, 2.45) is 0 Å². The number of hydrogen-bond donors (Lipinski definition) is 2. The van der Waals surface area contributed by atoms with Gasteiger partial charge in [0, 0.05) is 11.8 Å². The number of rotatable bonds is 1. The number of nitrogens with zero attached hydrogens (tertiary/aromatic N) is 2. The van der Waals surface area contributed by atoms with Crippen LogP contribution in [0.2, 0.25) is 0 Å². The summed E-state index contributed by atoms with van der Waals surface area (Å²) in [6.45, 7) is 0. The minimum atomic E-state index is -0.960. The summed E-state index contributed by atoms with van der Waals surface area (Å²) in [5.74, 6) is -0.495. The van der Waals surface area contributed by atoms with Crippen LogP contribution in [0.5, 0.6) is 0 Å². The molecule has 0 radical (unpaired) electrons. The number of anilines is 1. The van der Waals surface area contributed by atoms with Crippen molar-refractivity contribution in [3.63, 3.8) is 0 Å². The van der Waals surface area contributed by atoms with Crippen LogP contribution in [-0.2, 0) is 23.1 Å². The van der Waals surface area contributed by atoms with Gasteiger partial charge in [-0.2, -0.15) is 0 Å². The lowest BCUT2D eigenvalue weighted by molar-refractivity contribution is -0.120. The Morgan fingerprint density at radius 1 is 1.29 bits per heavy atom. The van der Waals surface area contributed by atoms with Gasteiger partial charge in [0.15, 0.2) is 0 Å². The minimum absolute atomic E-state index is 0.0916. The van der Waals surface area contributed by atoms with Gasteiger partial charge in [-0.15, -0.1) is 0 Å². The van der Waals surface area contributed by atoms with E-state index in [1.807, 2.05) is 0 Å². The number of fused-ring (bicyclic) bond motifs is 3. The number of carbonyl (C=O) groups is 2. The third kappa shape index (κ3) is 1.53. The molecule has 0 fully saturated rings. The molecule has 4 rings (SSSR count). The summed E-state index contributed by atoms with van der Waals surface area (Å²) < 4.78 is 0. The van der Waals surface area contributed by atoms with Gasteiger partial charge in [-0.25, -0.2) is 14.8 Å². The Balaban J connectivity index is 1.83. The Hall–Kier alpha value is -2.76. The summed E-state index contributed by atoms with van der Waals surface area (Å²) in [7, 11) is 0. The van der Waals surface area contributed by atoms with Crippen LogP contribution in [0.3, 0.4) is 0 Å². The molecule has 6 heteroatoms. The van der Waals surface area contributed by atoms with E-state index in [4.69, 9.17) is 5.11 Å². The molecule has 2 aliphatic rings. The molecular formula is C15H11N3O3. The van der Waals surface area contributed by atoms with Gasteiger partial charge in [0.2, 0.25) is 5.91 Å². The monoisotopic (exact) mass is 281 g/mol. The summed E-state index contributed by atoms with van der Waals surface area (Å²) in [6, 6.07) is 5.03. The molecule has 0 bridgehead atoms. The molecule has 1 aromatic carbocycles. The molecule has 104 valence electrons. The highest BCUT2D eigenvalue weighted by atomic mass is 16.4. The molecule has 0 saturated carbocycles. The first-order valence-corrected chi connectivity index (χ1v) is 6.57. The van der Waals surface area contributed by atoms with Crippen molar-refractivity contribution in [2.45, 2.75) is 18.3 Å². The smallest absolute Gasteiger partial charge is 0.335 e. The molecule has 2 aromatic rings. The number of nitrogens with one attached hydrogen (secondary N) is 1. The summed E-state index contributed by atoms with van der Waals surface area (Å²) >= 11 is 0. The summed E-state index contributed by atoms with van der Waals surface area (Å²) in [5, 5.41) is 11.9. The van der Waals surface area contributed by atoms with Gasteiger partial charge in [-0.1, -0.05) is 6.07 Å². The fraction of sp³-hybridized carbons (Fsp3) is 0.200. The van der Waals surface area contributed by atoms with Crippen LogP contribution >= 0.6 is 0 Å². The number of benzene rings is 1. The second kappa shape index (κ2) is 3.88. The van der Waals surface area contributed by atoms with E-state index in [1.165, 1.54) is 6.33 Å². The molecule has 1 atom stereocenters. The molecule has 1 aliphatic carbocycles. The predicted molar refractivity (Wildman–Crippen MR) is 73.1 cm³/mol. The van der Waals surface area contributed by atoms with E-state index in [9.17, 15) is 9.59 Å². The Morgan fingerprint density at radius 2 is 2.10 bits per heavy atom. The number of aromatic carboxylic acids is 1. The van der Waals surface area contributed by atoms with E-state index in [0.717, 1.165) is 16.7 Å². The van der Waals surface area contributed by atoms with Crippen LogP contribution in [0, 0.1) is 0 Å². The minimum Gasteiger partial charge on any atom is -0.478 e. The van der Waals surface area contributed by atoms with Crippen LogP contribution in [0.25, 0.3) is 0 Å². The van der Waals surface area contributed by atoms with Gasteiger partial charge < -0.3 is 10.4 Å². The number of carboxylic acid groups (broad SMARTS) is 1. The van der Waals surface area contributed by atoms with Crippen molar-refractivity contribution in [2.75, 3.05) is 5.32 Å². The molecule has 2 heterocycles. The van der Waals surface area contributed by atoms with E-state index >= 15 is 0 Å². The van der Waals surface area contributed by atoms with Crippen molar-refractivity contribution >= 4 is 17.7 Å². The van der Waals surface area contributed by atoms with Gasteiger partial charge in [0.05, 0.1) is 11.0 Å². The predicted octanol–water partition coefficient (Wildman–Crippen LogP) is 1.16. The van der Waals surface area contributed by atoms with Gasteiger partial charge in [-0.3, -0.25) is 4.79 Å². The number of hydrogen-bond acceptors (Lipinski definition) is 4. The Kier molecular flexibility index (Phi) is 2.22. The summed E-state index contributed by atoms with van der Waals surface area (Å²) in [4.78, 5) is 31.6. The lowest BCUT2D eigenvalue weighted by Gasteiger charge is -2.19. The topological polar surface area (TPSA) is 92.2 Å². The Labute approximate surface area is 119 Å². The standard InChI is InChI=1S/C15H11N3O3/c19-13(20)8-1-2-9-4-15(5-10(9)3-8)11-6-16-7-17-12(11)18-14(15)21/h1-3,6-7H,4-5H2,(H,19,20)(H,16,17,18,21)/t15-/m1/s1. The molecule has 2 N–H and O–H groups in total. The zero-order valence-corrected chi connectivity index (χ0v) is 11.0. The molecule has 1 amide bonds. The maximum absolute atomic E-state index is 12.4. The fourth-order valence-corrected chi connectivity index (χ4v) is 3.29. The highest BCUT2D eigenvalue weighted by Gasteiger charge is 2.51. The van der Waals surface area contributed by atoms with Gasteiger partial charge in [0.1, 0.15) is 12.1 Å². The van der Waals surface area contributed by atoms with Crippen LogP contribution in [0.1, 0.15) is 27.0 Å². The van der Waals surface area contributed by atoms with Crippen molar-refractivity contribution < 1.29 is 14.7 Å². The third-order valence-corrected chi connectivity index (χ3v) is 4.33. The van der Waals surface area contributed by atoms with Crippen LogP contribution in [0.15, 0.2) is 30.7 Å². The van der Waals surface area contributed by atoms with Gasteiger partial charge in [-0.05, 0) is 36.1 Å². The molecule has 1 aliphatic heterocycles. The highest BCUT2D eigenvalue weighted by molar-refractivity contribution is 6.06. The number of aromatic nitrogens is 2. The Bertz CT molecular complexity index is 803. The van der Waals surface area contributed by atoms with Crippen molar-refractivity contribution in [3.05, 3.63) is 53.0 Å². The third-order valence-electron chi connectivity index (χ3n) is 4.33. The van der Waals surface area contributed by atoms with Crippen molar-refractivity contribution in [1.29, 1.82) is 0 Å². The summed E-state index contributed by atoms with van der Waals surface area (Å²) in [6.07, 6.45) is 4.11. The number of carboxylic acids is 1. The number of amides is 1. The van der Waals surface area contributed by atoms with Gasteiger partial charge in [0.25, 0.3) is 0 Å². The zero-order chi connectivity index (χ0) is 14.6. The molecule has 21 heavy (non-hydrogen) atoms. The van der Waals surface area contributed by atoms with Crippen molar-refractivity contribution in [1.82, 2.24) is 9.97 Å². The first-order chi connectivity index (χ1) is 10.1. The molecular weight excluding hydrogens is 270 g/mol. The molecule has 0 saturated heterocycles. The van der Waals surface area contributed by atoms with E-state index in [-0.39, 0.29) is 11.5 Å². The molecule has 1 spiro atoms. The average molecular weight is 281 g/mol. The van der Waals surface area contributed by atoms with Crippen molar-refractivity contribution in [3.8, 4) is 0 Å². The van der Waals surface area contributed by atoms with E-state index < -0.39 is 11.4 Å². The SMILES string of the molecule is O=C(O)c1ccc2c(c1)C[C@@]1(C2)C(=O)Nc2ncncc21. The lowest BCUT2D eigenvalue weighted by Crippen LogP contribution is -2.35. The van der Waals surface area contributed by atoms with E-state index in [2.05, 4.69) is 15.3 Å². The fourth-order valence-electron chi connectivity index (χ4n) is 3.29. The maximum Gasteiger partial charge on any atom is 0.335 e. The van der Waals surface area contributed by atoms with Gasteiger partial charge >= 0.3 is 5.97 Å². The van der Waals surface area contributed by atoms with E-state index in [1.54, 1.807) is 24.4 Å². The average Bonchev–Trinajstić information content (AvgIpc) is 2.98. The largest absolute Gasteiger partial charge is 0.478 e. The second-order valence-electron chi connectivity index (χ2n) is 5.46. The normalized spacial score (nSPS) is 22.0. The summed E-state index contributed by atoms with van der Waals surface area (Å²) in [5.41, 5.74) is 2.25. The first kappa shape index (κ1) is 12.0. The number of carbonyl (C=O) groups excluding carboxylic acids is 1. The lowest BCUT2D eigenvalue weighted by atomic mass is 9.80. The zero-order valence-electron chi connectivity index (χ0n) is 11.0. The molecule has 0 unspecified atom stereocenters. The Morgan fingerprint density at radius 3 is 2.90 bits per heavy atom. The highest BCUT2D eigenvalue weighted by Crippen LogP contribution is 2.46. The molecule has 1 aromatic heterocycles. The van der Waals surface area contributed by atoms with E-state index in [0.29, 0.717) is 18.7 Å². The second-order valence-corrected chi connectivity index (χ2v) is 5.46. The van der Waals surface area contributed by atoms with Crippen LogP contribution in [0.4, 0.5) is 5.82 Å². The first-order valence-electron chi connectivity index (χ1n) is 6.57. The van der Waals surface area contributed by atoms with Crippen LogP contribution < -0.4 is 5.32 Å². The van der Waals surface area contributed by atoms with Crippen LogP contribution in [-0.4, -0.2) is 27.0 Å². The maximum atomic E-state index is 12.4. The molecule has 6 nitrogen and oxygen atoms in total. The quantitative estimate of drug-likeness (QED) is 0.818.